The first-order chi connectivity index (χ1) is 10.8. The van der Waals surface area contributed by atoms with Gasteiger partial charge in [-0.3, -0.25) is 4.79 Å². The predicted octanol–water partition coefficient (Wildman–Crippen LogP) is 3.92. The van der Waals surface area contributed by atoms with Crippen LogP contribution in [0.3, 0.4) is 0 Å². The van der Waals surface area contributed by atoms with Crippen molar-refractivity contribution in [2.24, 2.45) is 5.73 Å². The molecule has 0 fully saturated rings. The molecule has 0 spiro atoms. The summed E-state index contributed by atoms with van der Waals surface area (Å²) >= 11 is 6.08. The van der Waals surface area contributed by atoms with Gasteiger partial charge in [0.1, 0.15) is 5.82 Å². The highest BCUT2D eigenvalue weighted by molar-refractivity contribution is 6.30. The zero-order chi connectivity index (χ0) is 17.0. The Labute approximate surface area is 154 Å². The van der Waals surface area contributed by atoms with Crippen LogP contribution in [0.2, 0.25) is 5.02 Å². The summed E-state index contributed by atoms with van der Waals surface area (Å²) in [6, 6.07) is 9.29. The Morgan fingerprint density at radius 3 is 2.62 bits per heavy atom. The highest BCUT2D eigenvalue weighted by Crippen LogP contribution is 2.27. The van der Waals surface area contributed by atoms with Gasteiger partial charge in [-0.05, 0) is 31.2 Å². The van der Waals surface area contributed by atoms with Crippen LogP contribution < -0.4 is 11.1 Å². The van der Waals surface area contributed by atoms with Crippen molar-refractivity contribution in [3.63, 3.8) is 0 Å². The van der Waals surface area contributed by atoms with Gasteiger partial charge in [0.2, 0.25) is 5.91 Å². The van der Waals surface area contributed by atoms with Gasteiger partial charge in [0.15, 0.2) is 0 Å². The lowest BCUT2D eigenvalue weighted by atomic mass is 9.92. The number of halogens is 2. The second-order valence-electron chi connectivity index (χ2n) is 6.50. The maximum Gasteiger partial charge on any atom is 0.225 e. The molecule has 0 saturated carbocycles. The third-order valence-electron chi connectivity index (χ3n) is 3.41. The summed E-state index contributed by atoms with van der Waals surface area (Å²) in [6.07, 6.45) is 1.05. The number of benzene rings is 1. The normalized spacial score (nSPS) is 11.0. The maximum absolute atomic E-state index is 12.0. The van der Waals surface area contributed by atoms with Crippen LogP contribution in [0.5, 0.6) is 0 Å². The third-order valence-corrected chi connectivity index (χ3v) is 3.64. The van der Waals surface area contributed by atoms with Gasteiger partial charge in [-0.15, -0.1) is 12.4 Å². The van der Waals surface area contributed by atoms with Crippen molar-refractivity contribution in [3.05, 3.63) is 41.0 Å². The Morgan fingerprint density at radius 2 is 2.04 bits per heavy atom. The molecule has 1 amide bonds. The summed E-state index contributed by atoms with van der Waals surface area (Å²) in [6.45, 7) is 6.74. The van der Waals surface area contributed by atoms with Gasteiger partial charge in [-0.2, -0.15) is 5.10 Å². The molecule has 5 nitrogen and oxygen atoms in total. The van der Waals surface area contributed by atoms with Gasteiger partial charge in [0.25, 0.3) is 0 Å². The minimum absolute atomic E-state index is 0. The molecule has 0 bridgehead atoms. The molecule has 3 N–H and O–H groups in total. The van der Waals surface area contributed by atoms with Gasteiger partial charge in [0.05, 0.1) is 11.4 Å². The fourth-order valence-electron chi connectivity index (χ4n) is 2.11. The van der Waals surface area contributed by atoms with Crippen molar-refractivity contribution < 1.29 is 4.79 Å². The van der Waals surface area contributed by atoms with Crippen LogP contribution in [0.1, 0.15) is 39.3 Å². The number of rotatable bonds is 5. The second-order valence-corrected chi connectivity index (χ2v) is 6.93. The number of nitrogens with zero attached hydrogens (tertiary/aromatic N) is 2. The maximum atomic E-state index is 12.0. The summed E-state index contributed by atoms with van der Waals surface area (Å²) in [5.41, 5.74) is 7.03. The Balaban J connectivity index is 0.00000288. The number of amides is 1. The predicted molar refractivity (Wildman–Crippen MR) is 101 cm³/mol. The molecule has 2 aromatic rings. The number of carbonyl (C=O) groups excluding carboxylic acids is 1. The van der Waals surface area contributed by atoms with Crippen molar-refractivity contribution in [3.8, 4) is 5.69 Å². The van der Waals surface area contributed by atoms with Crippen molar-refractivity contribution >= 4 is 35.7 Å². The van der Waals surface area contributed by atoms with E-state index in [2.05, 4.69) is 31.2 Å². The lowest BCUT2D eigenvalue weighted by Gasteiger charge is -2.14. The van der Waals surface area contributed by atoms with E-state index in [9.17, 15) is 4.79 Å². The molecule has 1 aromatic heterocycles. The van der Waals surface area contributed by atoms with E-state index in [4.69, 9.17) is 17.3 Å². The summed E-state index contributed by atoms with van der Waals surface area (Å²) in [5, 5.41) is 8.18. The van der Waals surface area contributed by atoms with E-state index in [1.54, 1.807) is 10.7 Å². The van der Waals surface area contributed by atoms with Crippen LogP contribution in [0.4, 0.5) is 5.82 Å². The van der Waals surface area contributed by atoms with E-state index < -0.39 is 0 Å². The average Bonchev–Trinajstić information content (AvgIpc) is 2.89. The molecule has 0 saturated heterocycles. The second kappa shape index (κ2) is 8.51. The molecule has 0 aliphatic carbocycles. The van der Waals surface area contributed by atoms with E-state index in [1.807, 2.05) is 24.3 Å². The van der Waals surface area contributed by atoms with E-state index in [0.29, 0.717) is 30.2 Å². The lowest BCUT2D eigenvalue weighted by Crippen LogP contribution is -2.16. The zero-order valence-corrected chi connectivity index (χ0v) is 15.7. The summed E-state index contributed by atoms with van der Waals surface area (Å²) in [5.74, 6) is 0.568. The SMILES string of the molecule is CC(C)(C)c1cc(NC(=O)CCCN)n(-c2cccc(Cl)c2)n1.Cl. The Hall–Kier alpha value is -1.56. The Kier molecular flexibility index (Phi) is 7.27. The molecule has 0 radical (unpaired) electrons. The minimum Gasteiger partial charge on any atom is -0.330 e. The van der Waals surface area contributed by atoms with Crippen LogP contribution in [-0.2, 0) is 10.2 Å². The van der Waals surface area contributed by atoms with Crippen LogP contribution in [0.15, 0.2) is 30.3 Å². The number of carbonyl (C=O) groups is 1. The van der Waals surface area contributed by atoms with Gasteiger partial charge in [-0.1, -0.05) is 38.4 Å². The molecule has 1 heterocycles. The molecule has 0 atom stereocenters. The summed E-state index contributed by atoms with van der Waals surface area (Å²) < 4.78 is 1.72. The minimum atomic E-state index is -0.124. The first-order valence-corrected chi connectivity index (χ1v) is 8.05. The van der Waals surface area contributed by atoms with Crippen LogP contribution in [0, 0.1) is 0 Å². The standard InChI is InChI=1S/C17H23ClN4O.ClH/c1-17(2,3)14-11-15(20-16(23)8-5-9-19)22(21-14)13-7-4-6-12(18)10-13;/h4,6-7,10-11H,5,8-9,19H2,1-3H3,(H,20,23);1H. The van der Waals surface area contributed by atoms with Crippen LogP contribution >= 0.6 is 24.0 Å². The Morgan fingerprint density at radius 1 is 1.33 bits per heavy atom. The van der Waals surface area contributed by atoms with Crippen molar-refractivity contribution in [1.82, 2.24) is 9.78 Å². The molecule has 0 aliphatic rings. The summed E-state index contributed by atoms with van der Waals surface area (Å²) in [4.78, 5) is 12.0. The summed E-state index contributed by atoms with van der Waals surface area (Å²) in [7, 11) is 0. The molecule has 2 rings (SSSR count). The first-order valence-electron chi connectivity index (χ1n) is 7.67. The van der Waals surface area contributed by atoms with Gasteiger partial charge in [0, 0.05) is 22.9 Å². The van der Waals surface area contributed by atoms with Crippen LogP contribution in [0.25, 0.3) is 5.69 Å². The van der Waals surface area contributed by atoms with E-state index in [1.165, 1.54) is 0 Å². The number of nitrogens with two attached hydrogens (primary N) is 1. The van der Waals surface area contributed by atoms with E-state index in [-0.39, 0.29) is 23.7 Å². The fourth-order valence-corrected chi connectivity index (χ4v) is 2.29. The smallest absolute Gasteiger partial charge is 0.225 e. The third kappa shape index (κ3) is 5.23. The number of hydrogen-bond donors (Lipinski definition) is 2. The topological polar surface area (TPSA) is 72.9 Å². The van der Waals surface area contributed by atoms with Crippen molar-refractivity contribution in [1.29, 1.82) is 0 Å². The fraction of sp³-hybridized carbons (Fsp3) is 0.412. The zero-order valence-electron chi connectivity index (χ0n) is 14.2. The van der Waals surface area contributed by atoms with Crippen molar-refractivity contribution in [2.75, 3.05) is 11.9 Å². The largest absolute Gasteiger partial charge is 0.330 e. The lowest BCUT2D eigenvalue weighted by molar-refractivity contribution is -0.116. The highest BCUT2D eigenvalue weighted by atomic mass is 35.5. The van der Waals surface area contributed by atoms with Gasteiger partial charge in [-0.25, -0.2) is 4.68 Å². The molecular formula is C17H24Cl2N4O. The average molecular weight is 371 g/mol. The quantitative estimate of drug-likeness (QED) is 0.837. The molecule has 1 aromatic carbocycles. The number of hydrogen-bond acceptors (Lipinski definition) is 3. The molecule has 24 heavy (non-hydrogen) atoms. The molecule has 7 heteroatoms. The number of anilines is 1. The first kappa shape index (κ1) is 20.5. The molecular weight excluding hydrogens is 347 g/mol. The highest BCUT2D eigenvalue weighted by Gasteiger charge is 2.21. The van der Waals surface area contributed by atoms with Gasteiger partial charge >= 0.3 is 0 Å². The number of nitrogens with one attached hydrogen (secondary N) is 1. The molecule has 0 unspecified atom stereocenters. The molecule has 132 valence electrons. The van der Waals surface area contributed by atoms with E-state index >= 15 is 0 Å². The molecule has 0 aliphatic heterocycles. The number of aromatic nitrogens is 2. The van der Waals surface area contributed by atoms with Gasteiger partial charge < -0.3 is 11.1 Å². The monoisotopic (exact) mass is 370 g/mol. The Bertz CT molecular complexity index is 692. The van der Waals surface area contributed by atoms with E-state index in [0.717, 1.165) is 11.4 Å². The van der Waals surface area contributed by atoms with Crippen LogP contribution in [-0.4, -0.2) is 22.2 Å². The van der Waals surface area contributed by atoms with Crippen molar-refractivity contribution in [2.45, 2.75) is 39.0 Å².